The maximum atomic E-state index is 12.4. The van der Waals surface area contributed by atoms with Gasteiger partial charge in [-0.2, -0.15) is 0 Å². The molecule has 0 heterocycles. The molecule has 1 aromatic carbocycles. The molecule has 1 rings (SSSR count). The van der Waals surface area contributed by atoms with Gasteiger partial charge in [0.05, 0.1) is 11.8 Å². The lowest BCUT2D eigenvalue weighted by atomic mass is 10.1. The topological polar surface area (TPSA) is 140 Å². The summed E-state index contributed by atoms with van der Waals surface area (Å²) in [5, 5.41) is 0. The molecule has 0 radical (unpaired) electrons. The number of ether oxygens (including phenoxy) is 5. The van der Waals surface area contributed by atoms with Crippen molar-refractivity contribution in [3.8, 4) is 11.5 Å². The van der Waals surface area contributed by atoms with Crippen molar-refractivity contribution >= 4 is 24.1 Å². The summed E-state index contributed by atoms with van der Waals surface area (Å²) in [6, 6.07) is 3.56. The third kappa shape index (κ3) is 11.1. The molecule has 10 nitrogen and oxygen atoms in total. The highest BCUT2D eigenvalue weighted by atomic mass is 16.7. The second-order valence-corrected chi connectivity index (χ2v) is 9.27. The first-order valence-corrected chi connectivity index (χ1v) is 12.2. The fourth-order valence-corrected chi connectivity index (χ4v) is 2.80. The molecule has 1 unspecified atom stereocenters. The van der Waals surface area contributed by atoms with Crippen LogP contribution in [0, 0.1) is 11.8 Å². The maximum Gasteiger partial charge on any atom is 0.508 e. The van der Waals surface area contributed by atoms with Gasteiger partial charge >= 0.3 is 24.1 Å². The third-order valence-electron chi connectivity index (χ3n) is 4.88. The zero-order valence-electron chi connectivity index (χ0n) is 22.2. The summed E-state index contributed by atoms with van der Waals surface area (Å²) in [6.45, 7) is 11.8. The molecule has 0 aliphatic rings. The van der Waals surface area contributed by atoms with Crippen molar-refractivity contribution < 1.29 is 42.9 Å². The Morgan fingerprint density at radius 3 is 1.92 bits per heavy atom. The molecule has 202 valence electrons. The normalized spacial score (nSPS) is 13.5. The van der Waals surface area contributed by atoms with E-state index in [-0.39, 0.29) is 36.5 Å². The third-order valence-corrected chi connectivity index (χ3v) is 4.88. The van der Waals surface area contributed by atoms with Crippen LogP contribution in [-0.2, 0) is 35.0 Å². The van der Waals surface area contributed by atoms with Crippen LogP contribution in [0.4, 0.5) is 4.79 Å². The van der Waals surface area contributed by atoms with Crippen molar-refractivity contribution in [3.05, 3.63) is 23.8 Å². The number of esters is 3. The van der Waals surface area contributed by atoms with Crippen LogP contribution in [0.15, 0.2) is 18.2 Å². The summed E-state index contributed by atoms with van der Waals surface area (Å²) in [6.07, 6.45) is -0.171. The second kappa shape index (κ2) is 15.1. The van der Waals surface area contributed by atoms with Crippen LogP contribution in [0.3, 0.4) is 0 Å². The minimum absolute atomic E-state index is 0.0543. The number of nitrogens with two attached hydrogens (primary N) is 1. The Morgan fingerprint density at radius 1 is 0.806 bits per heavy atom. The summed E-state index contributed by atoms with van der Waals surface area (Å²) < 4.78 is 26.1. The van der Waals surface area contributed by atoms with Crippen LogP contribution < -0.4 is 15.2 Å². The molecule has 10 heteroatoms. The van der Waals surface area contributed by atoms with Gasteiger partial charge in [-0.3, -0.25) is 14.4 Å². The lowest BCUT2D eigenvalue weighted by molar-refractivity contribution is -0.148. The van der Waals surface area contributed by atoms with Gasteiger partial charge in [0, 0.05) is 0 Å². The number of rotatable bonds is 13. The Labute approximate surface area is 212 Å². The summed E-state index contributed by atoms with van der Waals surface area (Å²) >= 11 is 0. The van der Waals surface area contributed by atoms with Gasteiger partial charge in [0.25, 0.3) is 0 Å². The first-order valence-electron chi connectivity index (χ1n) is 12.2. The largest absolute Gasteiger partial charge is 0.508 e. The van der Waals surface area contributed by atoms with Gasteiger partial charge in [0.2, 0.25) is 0 Å². The first-order chi connectivity index (χ1) is 16.8. The fourth-order valence-electron chi connectivity index (χ4n) is 2.80. The maximum absolute atomic E-state index is 12.4. The predicted octanol–water partition coefficient (Wildman–Crippen LogP) is 3.95. The molecule has 0 aromatic heterocycles. The van der Waals surface area contributed by atoms with Crippen molar-refractivity contribution in [2.75, 3.05) is 6.61 Å². The van der Waals surface area contributed by atoms with Crippen molar-refractivity contribution in [2.45, 2.75) is 86.0 Å². The van der Waals surface area contributed by atoms with Crippen molar-refractivity contribution in [2.24, 2.45) is 17.6 Å². The van der Waals surface area contributed by atoms with E-state index in [1.54, 1.807) is 47.6 Å². The number of hydrogen-bond acceptors (Lipinski definition) is 10. The van der Waals surface area contributed by atoms with Crippen molar-refractivity contribution in [1.82, 2.24) is 0 Å². The molecule has 0 aliphatic carbocycles. The van der Waals surface area contributed by atoms with E-state index in [1.165, 1.54) is 12.1 Å². The first kappa shape index (κ1) is 30.9. The van der Waals surface area contributed by atoms with Gasteiger partial charge < -0.3 is 29.4 Å². The van der Waals surface area contributed by atoms with Gasteiger partial charge in [-0.25, -0.2) is 4.79 Å². The van der Waals surface area contributed by atoms with Gasteiger partial charge in [0.15, 0.2) is 11.5 Å². The second-order valence-electron chi connectivity index (χ2n) is 9.27. The van der Waals surface area contributed by atoms with E-state index in [2.05, 4.69) is 0 Å². The predicted molar refractivity (Wildman–Crippen MR) is 131 cm³/mol. The van der Waals surface area contributed by atoms with Crippen LogP contribution in [0.5, 0.6) is 11.5 Å². The Balaban J connectivity index is 2.76. The Kier molecular flexibility index (Phi) is 12.9. The summed E-state index contributed by atoms with van der Waals surface area (Å²) in [7, 11) is 0. The molecule has 3 atom stereocenters. The van der Waals surface area contributed by atoms with E-state index in [1.807, 2.05) is 6.92 Å². The molecular formula is C26H39NO9. The van der Waals surface area contributed by atoms with E-state index in [0.29, 0.717) is 12.0 Å². The molecule has 1 aromatic rings. The van der Waals surface area contributed by atoms with Crippen LogP contribution in [-0.4, -0.2) is 48.9 Å². The van der Waals surface area contributed by atoms with E-state index in [9.17, 15) is 19.2 Å². The molecule has 0 saturated heterocycles. The zero-order valence-corrected chi connectivity index (χ0v) is 22.2. The lowest BCUT2D eigenvalue weighted by Crippen LogP contribution is -2.36. The van der Waals surface area contributed by atoms with Crippen molar-refractivity contribution in [3.63, 3.8) is 0 Å². The quantitative estimate of drug-likeness (QED) is 0.307. The molecule has 0 amide bonds. The molecule has 2 N–H and O–H groups in total. The van der Waals surface area contributed by atoms with Crippen LogP contribution in [0.1, 0.15) is 66.9 Å². The molecule has 0 fully saturated rings. The average molecular weight is 510 g/mol. The van der Waals surface area contributed by atoms with Gasteiger partial charge in [-0.15, -0.1) is 0 Å². The molecule has 0 saturated carbocycles. The minimum Gasteiger partial charge on any atom is -0.461 e. The lowest BCUT2D eigenvalue weighted by Gasteiger charge is -2.18. The fraction of sp³-hybridized carbons (Fsp3) is 0.615. The molecule has 0 spiro atoms. The zero-order chi connectivity index (χ0) is 27.4. The molecular weight excluding hydrogens is 470 g/mol. The number of carbonyl (C=O) groups excluding carboxylic acids is 4. The summed E-state index contributed by atoms with van der Waals surface area (Å²) in [5.41, 5.74) is 6.56. The van der Waals surface area contributed by atoms with E-state index < -0.39 is 42.1 Å². The van der Waals surface area contributed by atoms with E-state index >= 15 is 0 Å². The van der Waals surface area contributed by atoms with Crippen LogP contribution >= 0.6 is 0 Å². The number of benzene rings is 1. The SMILES string of the molecule is CCCC(C)OC(=O)O[C@@H](C)COC(=O)[C@@H](N)Cc1ccc(OC(=O)C(C)C)c(OC(=O)C(C)C)c1. The van der Waals surface area contributed by atoms with Crippen molar-refractivity contribution in [1.29, 1.82) is 0 Å². The van der Waals surface area contributed by atoms with Gasteiger partial charge in [0.1, 0.15) is 24.9 Å². The summed E-state index contributed by atoms with van der Waals surface area (Å²) in [5.74, 6) is -2.33. The van der Waals surface area contributed by atoms with E-state index in [4.69, 9.17) is 29.4 Å². The average Bonchev–Trinajstić information content (AvgIpc) is 2.78. The smallest absolute Gasteiger partial charge is 0.461 e. The Hall–Kier alpha value is -3.14. The monoisotopic (exact) mass is 509 g/mol. The minimum atomic E-state index is -1.04. The van der Waals surface area contributed by atoms with Gasteiger partial charge in [-0.1, -0.05) is 47.1 Å². The highest BCUT2D eigenvalue weighted by Crippen LogP contribution is 2.30. The number of carbonyl (C=O) groups is 4. The Bertz CT molecular complexity index is 897. The van der Waals surface area contributed by atoms with E-state index in [0.717, 1.165) is 6.42 Å². The molecule has 0 bridgehead atoms. The molecule has 36 heavy (non-hydrogen) atoms. The molecule has 0 aliphatic heterocycles. The summed E-state index contributed by atoms with van der Waals surface area (Å²) in [4.78, 5) is 48.3. The highest BCUT2D eigenvalue weighted by molar-refractivity contribution is 5.78. The standard InChI is InChI=1S/C26H39NO9/c1-8-9-17(6)33-26(31)34-18(7)14-32-25(30)20(27)12-19-10-11-21(35-23(28)15(2)3)22(13-19)36-24(29)16(4)5/h10-11,13,15-18,20H,8-9,12,14,27H2,1-7H3/t17?,18-,20-/m0/s1. The number of hydrogen-bond donors (Lipinski definition) is 1. The highest BCUT2D eigenvalue weighted by Gasteiger charge is 2.22. The Morgan fingerprint density at radius 2 is 1.36 bits per heavy atom. The van der Waals surface area contributed by atoms with Crippen LogP contribution in [0.2, 0.25) is 0 Å². The van der Waals surface area contributed by atoms with Crippen LogP contribution in [0.25, 0.3) is 0 Å². The van der Waals surface area contributed by atoms with Gasteiger partial charge in [-0.05, 0) is 44.4 Å².